The number of H-pyrrole nitrogens is 1. The van der Waals surface area contributed by atoms with E-state index in [1.807, 2.05) is 31.4 Å². The van der Waals surface area contributed by atoms with E-state index in [2.05, 4.69) is 46.2 Å². The van der Waals surface area contributed by atoms with Crippen LogP contribution in [0, 0.1) is 25.7 Å². The SMILES string of the molecule is CSc1cc(C)[nH]c(=O)c1CNC(=O)c1c(C)n(C(C)C2CCC(CNC3COC3)CC2)c2ccccc12. The maximum absolute atomic E-state index is 13.6. The highest BCUT2D eigenvalue weighted by Gasteiger charge is 2.30. The molecule has 1 amide bonds. The second kappa shape index (κ2) is 11.7. The van der Waals surface area contributed by atoms with E-state index in [0.717, 1.165) is 52.9 Å². The number of aryl methyl sites for hydroxylation is 1. The number of carbonyl (C=O) groups excluding carboxylic acids is 1. The van der Waals surface area contributed by atoms with Crippen LogP contribution in [0.2, 0.25) is 0 Å². The van der Waals surface area contributed by atoms with Crippen LogP contribution in [-0.2, 0) is 11.3 Å². The fourth-order valence-corrected chi connectivity index (χ4v) is 6.97. The molecule has 1 atom stereocenters. The maximum atomic E-state index is 13.6. The van der Waals surface area contributed by atoms with E-state index in [4.69, 9.17) is 4.74 Å². The van der Waals surface area contributed by atoms with Crippen molar-refractivity contribution in [2.45, 2.75) is 70.0 Å². The van der Waals surface area contributed by atoms with E-state index >= 15 is 0 Å². The van der Waals surface area contributed by atoms with Crippen LogP contribution in [0.1, 0.15) is 66.0 Å². The van der Waals surface area contributed by atoms with Gasteiger partial charge in [-0.05, 0) is 83.2 Å². The van der Waals surface area contributed by atoms with Crippen molar-refractivity contribution in [3.63, 3.8) is 0 Å². The maximum Gasteiger partial charge on any atom is 0.254 e. The lowest BCUT2D eigenvalue weighted by Crippen LogP contribution is -2.47. The topological polar surface area (TPSA) is 88.2 Å². The fraction of sp³-hybridized carbons (Fsp3) is 0.533. The van der Waals surface area contributed by atoms with E-state index in [9.17, 15) is 9.59 Å². The van der Waals surface area contributed by atoms with Crippen LogP contribution < -0.4 is 16.2 Å². The van der Waals surface area contributed by atoms with Gasteiger partial charge in [0.05, 0.1) is 24.8 Å². The summed E-state index contributed by atoms with van der Waals surface area (Å²) in [6, 6.07) is 11.0. The minimum Gasteiger partial charge on any atom is -0.378 e. The van der Waals surface area contributed by atoms with Crippen LogP contribution in [0.3, 0.4) is 0 Å². The Balaban J connectivity index is 1.33. The third-order valence-electron chi connectivity index (χ3n) is 8.57. The van der Waals surface area contributed by atoms with Gasteiger partial charge >= 0.3 is 0 Å². The van der Waals surface area contributed by atoms with Crippen molar-refractivity contribution in [2.24, 2.45) is 11.8 Å². The van der Waals surface area contributed by atoms with Gasteiger partial charge in [-0.3, -0.25) is 9.59 Å². The van der Waals surface area contributed by atoms with Crippen molar-refractivity contribution in [1.29, 1.82) is 0 Å². The van der Waals surface area contributed by atoms with Gasteiger partial charge in [0.2, 0.25) is 0 Å². The monoisotopic (exact) mass is 536 g/mol. The van der Waals surface area contributed by atoms with Crippen molar-refractivity contribution in [3.8, 4) is 0 Å². The van der Waals surface area contributed by atoms with Crippen LogP contribution >= 0.6 is 11.8 Å². The fourth-order valence-electron chi connectivity index (χ4n) is 6.27. The Hall–Kier alpha value is -2.55. The summed E-state index contributed by atoms with van der Waals surface area (Å²) in [5.74, 6) is 1.18. The minimum atomic E-state index is -0.144. The normalized spacial score (nSPS) is 20.8. The van der Waals surface area contributed by atoms with E-state index in [1.54, 1.807) is 0 Å². The second-order valence-electron chi connectivity index (χ2n) is 11.0. The summed E-state index contributed by atoms with van der Waals surface area (Å²) in [6.07, 6.45) is 6.84. The van der Waals surface area contributed by atoms with Crippen LogP contribution in [0.5, 0.6) is 0 Å². The number of rotatable bonds is 9. The first-order chi connectivity index (χ1) is 18.4. The summed E-state index contributed by atoms with van der Waals surface area (Å²) in [4.78, 5) is 29.9. The number of nitrogens with one attached hydrogen (secondary N) is 3. The Morgan fingerprint density at radius 1 is 1.18 bits per heavy atom. The van der Waals surface area contributed by atoms with Crippen molar-refractivity contribution < 1.29 is 9.53 Å². The molecule has 38 heavy (non-hydrogen) atoms. The molecule has 1 saturated heterocycles. The third-order valence-corrected chi connectivity index (χ3v) is 9.38. The van der Waals surface area contributed by atoms with E-state index in [-0.39, 0.29) is 18.0 Å². The summed E-state index contributed by atoms with van der Waals surface area (Å²) >= 11 is 1.52. The lowest BCUT2D eigenvalue weighted by atomic mass is 9.78. The highest BCUT2D eigenvalue weighted by Crippen LogP contribution is 2.39. The zero-order valence-corrected chi connectivity index (χ0v) is 23.7. The molecule has 2 fully saturated rings. The predicted molar refractivity (Wildman–Crippen MR) is 154 cm³/mol. The molecular formula is C30H40N4O3S. The van der Waals surface area contributed by atoms with Gasteiger partial charge in [-0.2, -0.15) is 0 Å². The number of amides is 1. The summed E-state index contributed by atoms with van der Waals surface area (Å²) in [5.41, 5.74) is 4.08. The Morgan fingerprint density at radius 2 is 1.92 bits per heavy atom. The molecule has 1 saturated carbocycles. The number of ether oxygens (including phenoxy) is 1. The van der Waals surface area contributed by atoms with Gasteiger partial charge < -0.3 is 24.9 Å². The van der Waals surface area contributed by atoms with Crippen LogP contribution in [0.15, 0.2) is 40.0 Å². The molecule has 2 aliphatic rings. The molecule has 0 spiro atoms. The van der Waals surface area contributed by atoms with Gasteiger partial charge in [0.15, 0.2) is 0 Å². The molecule has 204 valence electrons. The Labute approximate surface area is 229 Å². The molecule has 1 aliphatic carbocycles. The van der Waals surface area contributed by atoms with Crippen LogP contribution in [-0.4, -0.2) is 47.5 Å². The van der Waals surface area contributed by atoms with Crippen molar-refractivity contribution >= 4 is 28.6 Å². The van der Waals surface area contributed by atoms with E-state index < -0.39 is 0 Å². The molecule has 1 aromatic carbocycles. The van der Waals surface area contributed by atoms with Gasteiger partial charge in [-0.25, -0.2) is 0 Å². The van der Waals surface area contributed by atoms with E-state index in [1.165, 1.54) is 37.4 Å². The zero-order valence-electron chi connectivity index (χ0n) is 22.9. The van der Waals surface area contributed by atoms with E-state index in [0.29, 0.717) is 29.1 Å². The smallest absolute Gasteiger partial charge is 0.254 e. The Kier molecular flexibility index (Phi) is 8.31. The summed E-state index contributed by atoms with van der Waals surface area (Å²) in [5, 5.41) is 7.68. The zero-order chi connectivity index (χ0) is 26.8. The molecule has 1 unspecified atom stereocenters. The number of aromatic amines is 1. The number of para-hydroxylation sites is 1. The van der Waals surface area contributed by atoms with Crippen LogP contribution in [0.25, 0.3) is 10.9 Å². The van der Waals surface area contributed by atoms with Gasteiger partial charge in [0.1, 0.15) is 0 Å². The number of nitrogens with zero attached hydrogens (tertiary/aromatic N) is 1. The highest BCUT2D eigenvalue weighted by atomic mass is 32.2. The van der Waals surface area contributed by atoms with Crippen molar-refractivity contribution in [1.82, 2.24) is 20.2 Å². The molecule has 3 N–H and O–H groups in total. The molecule has 0 radical (unpaired) electrons. The van der Waals surface area contributed by atoms with Gasteiger partial charge in [0.25, 0.3) is 11.5 Å². The van der Waals surface area contributed by atoms with Gasteiger partial charge in [-0.1, -0.05) is 18.2 Å². The molecule has 1 aliphatic heterocycles. The minimum absolute atomic E-state index is 0.133. The van der Waals surface area contributed by atoms with Gasteiger partial charge in [-0.15, -0.1) is 11.8 Å². The largest absolute Gasteiger partial charge is 0.378 e. The highest BCUT2D eigenvalue weighted by molar-refractivity contribution is 7.98. The lowest BCUT2D eigenvalue weighted by Gasteiger charge is -2.35. The Bertz CT molecular complexity index is 1350. The van der Waals surface area contributed by atoms with Crippen molar-refractivity contribution in [2.75, 3.05) is 26.0 Å². The number of benzene rings is 1. The number of thioether (sulfide) groups is 1. The average Bonchev–Trinajstić information content (AvgIpc) is 3.18. The molecule has 7 nitrogen and oxygen atoms in total. The number of fused-ring (bicyclic) bond motifs is 1. The standard InChI is InChI=1S/C30H40N4O3S/c1-18-13-27(38-4)25(29(35)33-18)15-32-30(36)28-20(3)34(26-8-6-5-7-24(26)28)19(2)22-11-9-21(10-12-22)14-31-23-16-37-17-23/h5-8,13,19,21-23,31H,9-12,14-17H2,1-4H3,(H,32,36)(H,33,35). The lowest BCUT2D eigenvalue weighted by molar-refractivity contribution is -0.00743. The Morgan fingerprint density at radius 3 is 2.61 bits per heavy atom. The molecule has 2 aromatic heterocycles. The number of aromatic nitrogens is 2. The van der Waals surface area contributed by atoms with Crippen LogP contribution in [0.4, 0.5) is 0 Å². The summed E-state index contributed by atoms with van der Waals surface area (Å²) in [7, 11) is 0. The molecule has 5 rings (SSSR count). The molecule has 8 heteroatoms. The molecular weight excluding hydrogens is 496 g/mol. The number of hydrogen-bond donors (Lipinski definition) is 3. The molecule has 3 aromatic rings. The number of carbonyl (C=O) groups is 1. The third kappa shape index (κ3) is 5.44. The first-order valence-electron chi connectivity index (χ1n) is 13.8. The number of hydrogen-bond acceptors (Lipinski definition) is 5. The quantitative estimate of drug-likeness (QED) is 0.337. The van der Waals surface area contributed by atoms with Crippen molar-refractivity contribution in [3.05, 3.63) is 63.2 Å². The summed E-state index contributed by atoms with van der Waals surface area (Å²) in [6.45, 7) is 9.24. The van der Waals surface area contributed by atoms with Gasteiger partial charge in [0, 0.05) is 45.3 Å². The molecule has 0 bridgehead atoms. The average molecular weight is 537 g/mol. The number of pyridine rings is 1. The summed E-state index contributed by atoms with van der Waals surface area (Å²) < 4.78 is 7.67. The second-order valence-corrected chi connectivity index (χ2v) is 11.9. The first kappa shape index (κ1) is 27.0. The predicted octanol–water partition coefficient (Wildman–Crippen LogP) is 4.95. The molecule has 3 heterocycles. The first-order valence-corrected chi connectivity index (χ1v) is 15.1.